The van der Waals surface area contributed by atoms with Crippen molar-refractivity contribution in [3.8, 4) is 5.75 Å². The number of esters is 1. The third-order valence-corrected chi connectivity index (χ3v) is 4.99. The maximum Gasteiger partial charge on any atom is 0.341 e. The molecule has 25 heavy (non-hydrogen) atoms. The van der Waals surface area contributed by atoms with Crippen molar-refractivity contribution >= 4 is 27.6 Å². The number of sulfonamides is 1. The Morgan fingerprint density at radius 3 is 2.52 bits per heavy atom. The number of hydrogen-bond donors (Lipinski definition) is 1. The van der Waals surface area contributed by atoms with Crippen molar-refractivity contribution < 1.29 is 27.1 Å². The zero-order valence-electron chi connectivity index (χ0n) is 13.4. The van der Waals surface area contributed by atoms with E-state index < -0.39 is 26.7 Å². The Kier molecular flexibility index (Phi) is 5.99. The van der Waals surface area contributed by atoms with Crippen LogP contribution in [0.3, 0.4) is 0 Å². The molecule has 0 fully saturated rings. The van der Waals surface area contributed by atoms with Crippen LogP contribution in [-0.2, 0) is 21.3 Å². The van der Waals surface area contributed by atoms with Crippen molar-refractivity contribution in [1.82, 2.24) is 4.72 Å². The first-order valence-corrected chi connectivity index (χ1v) is 8.84. The van der Waals surface area contributed by atoms with Crippen LogP contribution < -0.4 is 9.46 Å². The Bertz CT molecular complexity index is 901. The van der Waals surface area contributed by atoms with Crippen molar-refractivity contribution in [2.45, 2.75) is 11.4 Å². The maximum absolute atomic E-state index is 13.8. The Labute approximate surface area is 149 Å². The van der Waals surface area contributed by atoms with E-state index in [-0.39, 0.29) is 17.1 Å². The zero-order valence-corrected chi connectivity index (χ0v) is 14.9. The van der Waals surface area contributed by atoms with Gasteiger partial charge in [0.25, 0.3) is 0 Å². The molecule has 2 aromatic rings. The molecule has 0 aliphatic heterocycles. The average Bonchev–Trinajstić information content (AvgIpc) is 2.58. The monoisotopic (exact) mass is 387 g/mol. The lowest BCUT2D eigenvalue weighted by Crippen LogP contribution is -2.24. The van der Waals surface area contributed by atoms with Crippen LogP contribution in [0.1, 0.15) is 15.9 Å². The standard InChI is InChI=1S/C16H15ClFNO5S/c1-23-14-5-3-10(7-12(14)16(20)24-2)9-19-25(21,22)15-6-4-11(17)8-13(15)18/h3-8,19H,9H2,1-2H3. The molecule has 0 aliphatic rings. The number of carbonyl (C=O) groups is 1. The fraction of sp³-hybridized carbons (Fsp3) is 0.188. The van der Waals surface area contributed by atoms with Gasteiger partial charge in [0.1, 0.15) is 22.0 Å². The number of ether oxygens (including phenoxy) is 2. The Balaban J connectivity index is 2.24. The van der Waals surface area contributed by atoms with E-state index >= 15 is 0 Å². The van der Waals surface area contributed by atoms with Gasteiger partial charge in [-0.1, -0.05) is 17.7 Å². The van der Waals surface area contributed by atoms with Gasteiger partial charge in [-0.2, -0.15) is 0 Å². The highest BCUT2D eigenvalue weighted by atomic mass is 35.5. The summed E-state index contributed by atoms with van der Waals surface area (Å²) in [7, 11) is -1.47. The van der Waals surface area contributed by atoms with Gasteiger partial charge < -0.3 is 9.47 Å². The number of benzene rings is 2. The summed E-state index contributed by atoms with van der Waals surface area (Å²) in [5.41, 5.74) is 0.624. The zero-order chi connectivity index (χ0) is 18.6. The van der Waals surface area contributed by atoms with Gasteiger partial charge in [-0.25, -0.2) is 22.3 Å². The first-order chi connectivity index (χ1) is 11.8. The van der Waals surface area contributed by atoms with E-state index in [2.05, 4.69) is 9.46 Å². The predicted molar refractivity (Wildman–Crippen MR) is 89.8 cm³/mol. The molecule has 1 N–H and O–H groups in total. The molecular formula is C16H15ClFNO5S. The predicted octanol–water partition coefficient (Wildman–Crippen LogP) is 2.75. The summed E-state index contributed by atoms with van der Waals surface area (Å²) in [5.74, 6) is -1.28. The summed E-state index contributed by atoms with van der Waals surface area (Å²) >= 11 is 5.62. The molecule has 0 amide bonds. The van der Waals surface area contributed by atoms with Crippen LogP contribution in [0.25, 0.3) is 0 Å². The van der Waals surface area contributed by atoms with E-state index in [1.807, 2.05) is 0 Å². The topological polar surface area (TPSA) is 81.7 Å². The Hall–Kier alpha value is -2.16. The molecule has 0 spiro atoms. The first kappa shape index (κ1) is 19.2. The second-order valence-electron chi connectivity index (χ2n) is 4.93. The van der Waals surface area contributed by atoms with Crippen molar-refractivity contribution in [2.75, 3.05) is 14.2 Å². The molecule has 134 valence electrons. The second-order valence-corrected chi connectivity index (χ2v) is 7.10. The summed E-state index contributed by atoms with van der Waals surface area (Å²) in [6, 6.07) is 7.80. The lowest BCUT2D eigenvalue weighted by Gasteiger charge is -2.11. The molecule has 6 nitrogen and oxygen atoms in total. The number of rotatable bonds is 6. The van der Waals surface area contributed by atoms with Gasteiger partial charge in [-0.3, -0.25) is 0 Å². The van der Waals surface area contributed by atoms with Crippen molar-refractivity contribution in [1.29, 1.82) is 0 Å². The van der Waals surface area contributed by atoms with Crippen LogP contribution in [0.15, 0.2) is 41.3 Å². The Morgan fingerprint density at radius 2 is 1.92 bits per heavy atom. The van der Waals surface area contributed by atoms with Crippen LogP contribution in [-0.4, -0.2) is 28.6 Å². The molecule has 0 aromatic heterocycles. The SMILES string of the molecule is COC(=O)c1cc(CNS(=O)(=O)c2ccc(Cl)cc2F)ccc1OC. The lowest BCUT2D eigenvalue weighted by molar-refractivity contribution is 0.0597. The highest BCUT2D eigenvalue weighted by Crippen LogP contribution is 2.22. The van der Waals surface area contributed by atoms with Gasteiger partial charge in [0.15, 0.2) is 0 Å². The number of nitrogens with one attached hydrogen (secondary N) is 1. The Morgan fingerprint density at radius 1 is 1.20 bits per heavy atom. The molecule has 2 aromatic carbocycles. The third-order valence-electron chi connectivity index (χ3n) is 3.32. The molecule has 0 aliphatic carbocycles. The maximum atomic E-state index is 13.8. The van der Waals surface area contributed by atoms with Gasteiger partial charge in [0.2, 0.25) is 10.0 Å². The molecule has 9 heteroatoms. The van der Waals surface area contributed by atoms with E-state index in [0.29, 0.717) is 11.3 Å². The van der Waals surface area contributed by atoms with Crippen molar-refractivity contribution in [3.05, 3.63) is 58.4 Å². The summed E-state index contributed by atoms with van der Waals surface area (Å²) in [4.78, 5) is 11.2. The summed E-state index contributed by atoms with van der Waals surface area (Å²) in [5, 5.41) is 0.0920. The minimum Gasteiger partial charge on any atom is -0.496 e. The molecule has 0 radical (unpaired) electrons. The second kappa shape index (κ2) is 7.81. The minimum absolute atomic E-state index is 0.0920. The lowest BCUT2D eigenvalue weighted by atomic mass is 10.1. The smallest absolute Gasteiger partial charge is 0.341 e. The fourth-order valence-electron chi connectivity index (χ4n) is 2.08. The average molecular weight is 388 g/mol. The highest BCUT2D eigenvalue weighted by Gasteiger charge is 2.20. The molecule has 0 heterocycles. The number of hydrogen-bond acceptors (Lipinski definition) is 5. The molecule has 0 saturated heterocycles. The van der Waals surface area contributed by atoms with E-state index in [1.54, 1.807) is 6.07 Å². The number of methoxy groups -OCH3 is 2. The fourth-order valence-corrected chi connectivity index (χ4v) is 3.32. The number of carbonyl (C=O) groups excluding carboxylic acids is 1. The van der Waals surface area contributed by atoms with Crippen LogP contribution in [0.5, 0.6) is 5.75 Å². The molecular weight excluding hydrogens is 373 g/mol. The largest absolute Gasteiger partial charge is 0.496 e. The quantitative estimate of drug-likeness (QED) is 0.771. The van der Waals surface area contributed by atoms with E-state index in [4.69, 9.17) is 16.3 Å². The van der Waals surface area contributed by atoms with Crippen LogP contribution in [0, 0.1) is 5.82 Å². The van der Waals surface area contributed by atoms with Crippen LogP contribution >= 0.6 is 11.6 Å². The molecule has 0 saturated carbocycles. The molecule has 2 rings (SSSR count). The third kappa shape index (κ3) is 4.47. The van der Waals surface area contributed by atoms with Gasteiger partial charge >= 0.3 is 5.97 Å². The van der Waals surface area contributed by atoms with E-state index in [0.717, 1.165) is 12.1 Å². The van der Waals surface area contributed by atoms with Crippen LogP contribution in [0.2, 0.25) is 5.02 Å². The van der Waals surface area contributed by atoms with Gasteiger partial charge in [-0.15, -0.1) is 0 Å². The summed E-state index contributed by atoms with van der Waals surface area (Å²) in [6.07, 6.45) is 0. The molecule has 0 unspecified atom stereocenters. The summed E-state index contributed by atoms with van der Waals surface area (Å²) in [6.45, 7) is -0.154. The summed E-state index contributed by atoms with van der Waals surface area (Å²) < 4.78 is 50.2. The van der Waals surface area contributed by atoms with E-state index in [1.165, 1.54) is 32.4 Å². The highest BCUT2D eigenvalue weighted by molar-refractivity contribution is 7.89. The van der Waals surface area contributed by atoms with Crippen LogP contribution in [0.4, 0.5) is 4.39 Å². The first-order valence-electron chi connectivity index (χ1n) is 6.98. The molecule has 0 bridgehead atoms. The molecule has 0 atom stereocenters. The van der Waals surface area contributed by atoms with Crippen molar-refractivity contribution in [2.24, 2.45) is 0 Å². The minimum atomic E-state index is -4.09. The van der Waals surface area contributed by atoms with E-state index in [9.17, 15) is 17.6 Å². The number of halogens is 2. The van der Waals surface area contributed by atoms with Crippen molar-refractivity contribution in [3.63, 3.8) is 0 Å². The normalized spacial score (nSPS) is 11.2. The van der Waals surface area contributed by atoms with Gasteiger partial charge in [-0.05, 0) is 35.9 Å². The van der Waals surface area contributed by atoms with Gasteiger partial charge in [0, 0.05) is 11.6 Å². The van der Waals surface area contributed by atoms with Gasteiger partial charge in [0.05, 0.1) is 14.2 Å².